The third-order valence-electron chi connectivity index (χ3n) is 12.5. The molecule has 30 nitrogen and oxygen atoms in total. The highest BCUT2D eigenvalue weighted by molar-refractivity contribution is 5.76. The molecule has 30 heteroatoms. The van der Waals surface area contributed by atoms with Crippen molar-refractivity contribution >= 4 is 17.8 Å². The number of carboxylic acid groups (broad SMARTS) is 1. The molecular weight excluding hydrogens is 944 g/mol. The number of hydrogen-bond acceptors (Lipinski definition) is 27. The van der Waals surface area contributed by atoms with Crippen molar-refractivity contribution in [1.82, 2.24) is 10.6 Å². The summed E-state index contributed by atoms with van der Waals surface area (Å²) in [6, 6.07) is -3.36. The maximum atomic E-state index is 13.0. The number of methoxy groups -OCH3 is 1. The second-order valence-corrected chi connectivity index (χ2v) is 17.4. The smallest absolute Gasteiger partial charge is 0.364 e. The van der Waals surface area contributed by atoms with Crippen molar-refractivity contribution in [3.05, 3.63) is 0 Å². The standard InChI is InChI=1S/C39H66N2O28/c1-11-22(50)27(55)30(18(9-45)61-11)65-36-28(56)33(24(52)16(7-43)62-36)67-35-21(41-13(3)47)26(54)31(19(64-35)10-60-4)66-37-29(57)34(25(53)17(8-44)63-37)69-39(38(58)59)5-14(48)20(40-12(2)46)32(68-39)23(51)15(49)6-42/h11,14-37,42-45,48-57H,5-10H2,1-4H3,(H,40,46)(H,41,47)(H,58,59)/t11-,14+,15?,16?,17?,18?,19?,20+,21-,22+,23?,24-,25-,26?,27?,28?,29-,30+,31+,32?,33-,34?,35-,36-,37-,39-/m0/s1. The number of hydrogen-bond donors (Lipinski definition) is 17. The summed E-state index contributed by atoms with van der Waals surface area (Å²) >= 11 is 0. The van der Waals surface area contributed by atoms with Gasteiger partial charge >= 0.3 is 5.97 Å². The monoisotopic (exact) mass is 1010 g/mol. The van der Waals surface area contributed by atoms with E-state index in [2.05, 4.69) is 10.6 Å². The fraction of sp³-hybridized carbons (Fsp3) is 0.923. The van der Waals surface area contributed by atoms with E-state index in [0.717, 1.165) is 13.8 Å². The molecule has 5 rings (SSSR count). The molecule has 0 aromatic rings. The molecule has 69 heavy (non-hydrogen) atoms. The molecular formula is C39H66N2O28. The number of carbonyl (C=O) groups is 3. The van der Waals surface area contributed by atoms with E-state index in [0.29, 0.717) is 0 Å². The van der Waals surface area contributed by atoms with Gasteiger partial charge in [0.05, 0.1) is 51.3 Å². The minimum atomic E-state index is -3.14. The Bertz CT molecular complexity index is 1670. The average Bonchev–Trinajstić information content (AvgIpc) is 3.30. The van der Waals surface area contributed by atoms with Crippen LogP contribution in [0.4, 0.5) is 0 Å². The molecule has 400 valence electrons. The highest BCUT2D eigenvalue weighted by Crippen LogP contribution is 2.39. The Hall–Kier alpha value is -2.55. The van der Waals surface area contributed by atoms with Crippen LogP contribution in [0.1, 0.15) is 27.2 Å². The normalized spacial score (nSPS) is 46.1. The number of aliphatic hydroxyl groups is 14. The minimum Gasteiger partial charge on any atom is -0.477 e. The summed E-state index contributed by atoms with van der Waals surface area (Å²) in [5, 5.41) is 166. The first-order valence-electron chi connectivity index (χ1n) is 21.9. The van der Waals surface area contributed by atoms with Crippen molar-refractivity contribution in [3.8, 4) is 0 Å². The Balaban J connectivity index is 1.42. The van der Waals surface area contributed by atoms with Crippen molar-refractivity contribution in [2.24, 2.45) is 0 Å². The van der Waals surface area contributed by atoms with Gasteiger partial charge in [0.2, 0.25) is 11.8 Å². The summed E-state index contributed by atoms with van der Waals surface area (Å²) in [7, 11) is 1.18. The second-order valence-electron chi connectivity index (χ2n) is 17.4. The topological polar surface area (TPSA) is 471 Å². The number of rotatable bonds is 19. The van der Waals surface area contributed by atoms with Gasteiger partial charge in [-0.1, -0.05) is 0 Å². The maximum absolute atomic E-state index is 13.0. The lowest BCUT2D eigenvalue weighted by molar-refractivity contribution is -0.389. The summed E-state index contributed by atoms with van der Waals surface area (Å²) in [6.45, 7) is -0.871. The first-order chi connectivity index (χ1) is 32.5. The third-order valence-corrected chi connectivity index (χ3v) is 12.5. The number of aliphatic carboxylic acids is 1. The Labute approximate surface area is 392 Å². The van der Waals surface area contributed by atoms with Crippen molar-refractivity contribution in [2.75, 3.05) is 40.1 Å². The fourth-order valence-corrected chi connectivity index (χ4v) is 8.90. The van der Waals surface area contributed by atoms with Crippen molar-refractivity contribution in [3.63, 3.8) is 0 Å². The fourth-order valence-electron chi connectivity index (χ4n) is 8.90. The molecule has 5 aliphatic heterocycles. The number of aliphatic hydroxyl groups excluding tert-OH is 14. The van der Waals surface area contributed by atoms with E-state index in [1.165, 1.54) is 14.0 Å². The molecule has 5 fully saturated rings. The van der Waals surface area contributed by atoms with Crippen molar-refractivity contribution in [2.45, 2.75) is 186 Å². The molecule has 0 aromatic carbocycles. The Morgan fingerprint density at radius 1 is 0.623 bits per heavy atom. The van der Waals surface area contributed by atoms with E-state index in [9.17, 15) is 91.0 Å². The summed E-state index contributed by atoms with van der Waals surface area (Å²) in [5.74, 6) is -6.79. The summed E-state index contributed by atoms with van der Waals surface area (Å²) in [6.07, 6.45) is -43.5. The van der Waals surface area contributed by atoms with Crippen LogP contribution < -0.4 is 10.6 Å². The van der Waals surface area contributed by atoms with E-state index < -0.39 is 216 Å². The zero-order valence-corrected chi connectivity index (χ0v) is 37.7. The highest BCUT2D eigenvalue weighted by Gasteiger charge is 2.61. The minimum absolute atomic E-state index is 0.511. The molecule has 5 aliphatic rings. The van der Waals surface area contributed by atoms with Crippen LogP contribution in [0.25, 0.3) is 0 Å². The molecule has 0 saturated carbocycles. The van der Waals surface area contributed by atoms with Gasteiger partial charge in [0, 0.05) is 27.4 Å². The van der Waals surface area contributed by atoms with Crippen LogP contribution in [0, 0.1) is 0 Å². The lowest BCUT2D eigenvalue weighted by atomic mass is 9.88. The molecule has 11 unspecified atom stereocenters. The number of nitrogens with one attached hydrogen (secondary N) is 2. The molecule has 5 heterocycles. The summed E-state index contributed by atoms with van der Waals surface area (Å²) in [4.78, 5) is 37.6. The lowest BCUT2D eigenvalue weighted by Gasteiger charge is -2.51. The van der Waals surface area contributed by atoms with Gasteiger partial charge in [0.1, 0.15) is 116 Å². The van der Waals surface area contributed by atoms with E-state index in [4.69, 9.17) is 47.4 Å². The Morgan fingerprint density at radius 3 is 1.62 bits per heavy atom. The van der Waals surface area contributed by atoms with Crippen LogP contribution in [0.15, 0.2) is 0 Å². The van der Waals surface area contributed by atoms with Crippen LogP contribution in [-0.2, 0) is 61.8 Å². The molecule has 0 aromatic heterocycles. The second kappa shape index (κ2) is 24.4. The van der Waals surface area contributed by atoms with Gasteiger partial charge in [-0.15, -0.1) is 0 Å². The molecule has 2 amide bonds. The SMILES string of the molecule is COCC1O[C@@H](O[C@@H]2C(O)[C@H](O[C@@H]3C(CO)O[C@@H](C)[C@@H](O)C3O)OC(CO)[C@@H]2O)[C@@H](NC(C)=O)C(O)[C@@H]1O[C@@H]1OC(CO)[C@H](O)C(O[C@]2(C(=O)O)C[C@@H](O)[C@@H](NC(C)=O)C(C(O)C(O)CO)O2)[C@@H]1O. The van der Waals surface area contributed by atoms with Crippen molar-refractivity contribution < 1.29 is 138 Å². The predicted octanol–water partition coefficient (Wildman–Crippen LogP) is -10.7. The largest absolute Gasteiger partial charge is 0.477 e. The van der Waals surface area contributed by atoms with E-state index in [1.807, 2.05) is 0 Å². The Kier molecular flexibility index (Phi) is 20.3. The van der Waals surface area contributed by atoms with E-state index in [1.54, 1.807) is 0 Å². The van der Waals surface area contributed by atoms with Gasteiger partial charge in [0.15, 0.2) is 18.9 Å². The zero-order chi connectivity index (χ0) is 51.4. The quantitative estimate of drug-likeness (QED) is 0.0571. The van der Waals surface area contributed by atoms with E-state index in [-0.39, 0.29) is 0 Å². The predicted molar refractivity (Wildman–Crippen MR) is 215 cm³/mol. The highest BCUT2D eigenvalue weighted by atomic mass is 16.8. The van der Waals surface area contributed by atoms with E-state index >= 15 is 0 Å². The molecule has 0 aliphatic carbocycles. The third kappa shape index (κ3) is 12.5. The maximum Gasteiger partial charge on any atom is 0.364 e. The van der Waals surface area contributed by atoms with Crippen LogP contribution in [0.5, 0.6) is 0 Å². The molecule has 0 bridgehead atoms. The summed E-state index contributed by atoms with van der Waals surface area (Å²) in [5.41, 5.74) is 0. The van der Waals surface area contributed by atoms with Crippen LogP contribution in [-0.4, -0.2) is 293 Å². The zero-order valence-electron chi connectivity index (χ0n) is 37.7. The van der Waals surface area contributed by atoms with Crippen LogP contribution in [0.3, 0.4) is 0 Å². The average molecular weight is 1010 g/mol. The number of carbonyl (C=O) groups excluding carboxylic acids is 2. The van der Waals surface area contributed by atoms with Gasteiger partial charge in [0.25, 0.3) is 5.79 Å². The number of ether oxygens (including phenoxy) is 10. The molecule has 0 spiro atoms. The molecule has 0 radical (unpaired) electrons. The number of carboxylic acids is 1. The first-order valence-corrected chi connectivity index (χ1v) is 21.9. The molecule has 17 N–H and O–H groups in total. The van der Waals surface area contributed by atoms with Gasteiger partial charge in [-0.3, -0.25) is 9.59 Å². The molecule has 5 saturated heterocycles. The number of amides is 2. The van der Waals surface area contributed by atoms with Crippen LogP contribution >= 0.6 is 0 Å². The van der Waals surface area contributed by atoms with Gasteiger partial charge in [-0.2, -0.15) is 0 Å². The van der Waals surface area contributed by atoms with Gasteiger partial charge in [-0.05, 0) is 6.92 Å². The first kappa shape index (κ1) is 57.4. The summed E-state index contributed by atoms with van der Waals surface area (Å²) < 4.78 is 57.2. The molecule has 26 atom stereocenters. The van der Waals surface area contributed by atoms with Gasteiger partial charge < -0.3 is 135 Å². The van der Waals surface area contributed by atoms with Crippen LogP contribution in [0.2, 0.25) is 0 Å². The van der Waals surface area contributed by atoms with Crippen molar-refractivity contribution in [1.29, 1.82) is 0 Å². The van der Waals surface area contributed by atoms with Gasteiger partial charge in [-0.25, -0.2) is 4.79 Å². The Morgan fingerprint density at radius 2 is 1.12 bits per heavy atom. The lowest BCUT2D eigenvalue weighted by Crippen LogP contribution is -2.71.